The molecule has 8 heteroatoms. The standard InChI is InChI=1S/C18H19N3O4S/c1-10(2)16-13-8-14(26-18(13)21(3)20-16)17(24)19-11-5-4-6-12(7-11)25-9-15(22)23/h4-8,10H,9H2,1-3H3,(H,19,24)(H,22,23). The Morgan fingerprint density at radius 2 is 2.12 bits per heavy atom. The molecule has 0 aliphatic carbocycles. The largest absolute Gasteiger partial charge is 0.482 e. The summed E-state index contributed by atoms with van der Waals surface area (Å²) in [6.45, 7) is 3.71. The fourth-order valence-electron chi connectivity index (χ4n) is 2.61. The third-order valence-corrected chi connectivity index (χ3v) is 4.97. The average molecular weight is 373 g/mol. The number of carboxylic acids is 1. The van der Waals surface area contributed by atoms with Gasteiger partial charge in [-0.25, -0.2) is 4.79 Å². The molecule has 0 saturated heterocycles. The molecule has 1 amide bonds. The number of carboxylic acid groups (broad SMARTS) is 1. The van der Waals surface area contributed by atoms with Crippen molar-refractivity contribution in [3.8, 4) is 5.75 Å². The van der Waals surface area contributed by atoms with Crippen LogP contribution in [0.3, 0.4) is 0 Å². The highest BCUT2D eigenvalue weighted by molar-refractivity contribution is 7.20. The number of rotatable bonds is 6. The number of amides is 1. The van der Waals surface area contributed by atoms with Crippen molar-refractivity contribution >= 4 is 39.1 Å². The van der Waals surface area contributed by atoms with Crippen LogP contribution in [0.25, 0.3) is 10.2 Å². The first-order chi connectivity index (χ1) is 12.3. The summed E-state index contributed by atoms with van der Waals surface area (Å²) >= 11 is 1.39. The Balaban J connectivity index is 1.80. The number of fused-ring (bicyclic) bond motifs is 1. The molecule has 0 unspecified atom stereocenters. The lowest BCUT2D eigenvalue weighted by atomic mass is 10.1. The van der Waals surface area contributed by atoms with Gasteiger partial charge < -0.3 is 15.2 Å². The van der Waals surface area contributed by atoms with E-state index in [9.17, 15) is 9.59 Å². The topological polar surface area (TPSA) is 93.5 Å². The number of aryl methyl sites for hydroxylation is 1. The van der Waals surface area contributed by atoms with Crippen molar-refractivity contribution in [2.45, 2.75) is 19.8 Å². The van der Waals surface area contributed by atoms with Crippen LogP contribution in [0.4, 0.5) is 5.69 Å². The quantitative estimate of drug-likeness (QED) is 0.690. The number of carbonyl (C=O) groups excluding carboxylic acids is 1. The minimum Gasteiger partial charge on any atom is -0.482 e. The molecule has 0 saturated carbocycles. The van der Waals surface area contributed by atoms with E-state index in [4.69, 9.17) is 9.84 Å². The molecule has 0 aliphatic rings. The van der Waals surface area contributed by atoms with E-state index in [-0.39, 0.29) is 11.8 Å². The van der Waals surface area contributed by atoms with E-state index in [0.717, 1.165) is 15.9 Å². The molecule has 1 aromatic carbocycles. The van der Waals surface area contributed by atoms with Crippen LogP contribution in [-0.2, 0) is 11.8 Å². The number of hydrogen-bond acceptors (Lipinski definition) is 5. The SMILES string of the molecule is CC(C)c1nn(C)c2sc(C(=O)Nc3cccc(OCC(=O)O)c3)cc12. The van der Waals surface area contributed by atoms with Crippen molar-refractivity contribution < 1.29 is 19.4 Å². The monoisotopic (exact) mass is 373 g/mol. The molecule has 3 aromatic rings. The molecule has 0 spiro atoms. The van der Waals surface area contributed by atoms with Crippen LogP contribution in [0.5, 0.6) is 5.75 Å². The Labute approximate surface area is 154 Å². The van der Waals surface area contributed by atoms with Crippen LogP contribution >= 0.6 is 11.3 Å². The molecule has 26 heavy (non-hydrogen) atoms. The number of benzene rings is 1. The summed E-state index contributed by atoms with van der Waals surface area (Å²) in [7, 11) is 1.87. The van der Waals surface area contributed by atoms with Gasteiger partial charge in [-0.3, -0.25) is 9.48 Å². The Morgan fingerprint density at radius 1 is 1.35 bits per heavy atom. The van der Waals surface area contributed by atoms with Crippen molar-refractivity contribution in [1.82, 2.24) is 9.78 Å². The summed E-state index contributed by atoms with van der Waals surface area (Å²) in [4.78, 5) is 24.7. The minimum absolute atomic E-state index is 0.226. The van der Waals surface area contributed by atoms with E-state index in [1.165, 1.54) is 11.3 Å². The molecule has 2 N–H and O–H groups in total. The maximum absolute atomic E-state index is 12.6. The number of nitrogens with zero attached hydrogens (tertiary/aromatic N) is 2. The van der Waals surface area contributed by atoms with Crippen molar-refractivity contribution in [3.05, 3.63) is 40.9 Å². The zero-order chi connectivity index (χ0) is 18.8. The molecular formula is C18H19N3O4S. The first-order valence-electron chi connectivity index (χ1n) is 8.07. The van der Waals surface area contributed by atoms with E-state index in [2.05, 4.69) is 24.3 Å². The number of nitrogens with one attached hydrogen (secondary N) is 1. The molecule has 7 nitrogen and oxygen atoms in total. The molecule has 0 atom stereocenters. The van der Waals surface area contributed by atoms with E-state index in [0.29, 0.717) is 16.3 Å². The Morgan fingerprint density at radius 3 is 2.81 bits per heavy atom. The summed E-state index contributed by atoms with van der Waals surface area (Å²) < 4.78 is 6.93. The summed E-state index contributed by atoms with van der Waals surface area (Å²) in [6.07, 6.45) is 0. The fourth-order valence-corrected chi connectivity index (χ4v) is 3.58. The van der Waals surface area contributed by atoms with Gasteiger partial charge in [0.15, 0.2) is 6.61 Å². The molecule has 0 bridgehead atoms. The van der Waals surface area contributed by atoms with E-state index in [1.807, 2.05) is 13.1 Å². The minimum atomic E-state index is -1.06. The molecule has 3 rings (SSSR count). The van der Waals surface area contributed by atoms with E-state index < -0.39 is 12.6 Å². The zero-order valence-corrected chi connectivity index (χ0v) is 15.5. The van der Waals surface area contributed by atoms with Crippen LogP contribution < -0.4 is 10.1 Å². The van der Waals surface area contributed by atoms with Crippen molar-refractivity contribution in [2.75, 3.05) is 11.9 Å². The Kier molecular flexibility index (Phi) is 4.94. The van der Waals surface area contributed by atoms with Crippen molar-refractivity contribution in [2.24, 2.45) is 7.05 Å². The highest BCUT2D eigenvalue weighted by atomic mass is 32.1. The number of carbonyl (C=O) groups is 2. The van der Waals surface area contributed by atoms with Crippen LogP contribution in [0.15, 0.2) is 30.3 Å². The molecule has 0 fully saturated rings. The molecule has 2 heterocycles. The first-order valence-corrected chi connectivity index (χ1v) is 8.89. The van der Waals surface area contributed by atoms with Gasteiger partial charge in [0.1, 0.15) is 10.6 Å². The zero-order valence-electron chi connectivity index (χ0n) is 14.6. The van der Waals surface area contributed by atoms with E-state index in [1.54, 1.807) is 28.9 Å². The lowest BCUT2D eigenvalue weighted by molar-refractivity contribution is -0.139. The predicted octanol–water partition coefficient (Wildman–Crippen LogP) is 3.47. The average Bonchev–Trinajstić information content (AvgIpc) is 3.14. The lowest BCUT2D eigenvalue weighted by Crippen LogP contribution is -2.11. The van der Waals surface area contributed by atoms with Crippen LogP contribution in [0.2, 0.25) is 0 Å². The Bertz CT molecular complexity index is 974. The first kappa shape index (κ1) is 17.9. The highest BCUT2D eigenvalue weighted by Crippen LogP contribution is 2.32. The van der Waals surface area contributed by atoms with Gasteiger partial charge in [0, 0.05) is 24.2 Å². The second-order valence-electron chi connectivity index (χ2n) is 6.16. The fraction of sp³-hybridized carbons (Fsp3) is 0.278. The van der Waals surface area contributed by atoms with Crippen molar-refractivity contribution in [1.29, 1.82) is 0 Å². The van der Waals surface area contributed by atoms with Gasteiger partial charge in [-0.1, -0.05) is 19.9 Å². The summed E-state index contributed by atoms with van der Waals surface area (Å²) in [6, 6.07) is 8.51. The number of thiophene rings is 1. The molecule has 0 aliphatic heterocycles. The lowest BCUT2D eigenvalue weighted by Gasteiger charge is -2.07. The van der Waals surface area contributed by atoms with E-state index >= 15 is 0 Å². The number of hydrogen-bond donors (Lipinski definition) is 2. The van der Waals surface area contributed by atoms with Crippen LogP contribution in [0.1, 0.15) is 35.1 Å². The molecule has 2 aromatic heterocycles. The van der Waals surface area contributed by atoms with Gasteiger partial charge >= 0.3 is 5.97 Å². The maximum Gasteiger partial charge on any atom is 0.341 e. The van der Waals surface area contributed by atoms with Crippen LogP contribution in [-0.4, -0.2) is 33.4 Å². The van der Waals surface area contributed by atoms with Gasteiger partial charge in [-0.15, -0.1) is 11.3 Å². The molecular weight excluding hydrogens is 354 g/mol. The number of aliphatic carboxylic acids is 1. The normalized spacial score (nSPS) is 11.1. The predicted molar refractivity (Wildman–Crippen MR) is 100 cm³/mol. The summed E-state index contributed by atoms with van der Waals surface area (Å²) in [5, 5.41) is 17.0. The second-order valence-corrected chi connectivity index (χ2v) is 7.19. The molecule has 0 radical (unpaired) electrons. The Hall–Kier alpha value is -2.87. The van der Waals surface area contributed by atoms with Gasteiger partial charge in [-0.2, -0.15) is 5.10 Å². The van der Waals surface area contributed by atoms with Crippen molar-refractivity contribution in [3.63, 3.8) is 0 Å². The summed E-state index contributed by atoms with van der Waals surface area (Å²) in [5.74, 6) is -0.629. The number of aromatic nitrogens is 2. The van der Waals surface area contributed by atoms with Crippen LogP contribution in [0, 0.1) is 0 Å². The second kappa shape index (κ2) is 7.17. The van der Waals surface area contributed by atoms with Gasteiger partial charge in [0.25, 0.3) is 5.91 Å². The third-order valence-electron chi connectivity index (χ3n) is 3.76. The number of anilines is 1. The third kappa shape index (κ3) is 3.70. The maximum atomic E-state index is 12.6. The van der Waals surface area contributed by atoms with Gasteiger partial charge in [-0.05, 0) is 24.1 Å². The highest BCUT2D eigenvalue weighted by Gasteiger charge is 2.18. The smallest absolute Gasteiger partial charge is 0.341 e. The van der Waals surface area contributed by atoms with Gasteiger partial charge in [0.05, 0.1) is 10.6 Å². The van der Waals surface area contributed by atoms with Gasteiger partial charge in [0.2, 0.25) is 0 Å². The summed E-state index contributed by atoms with van der Waals surface area (Å²) in [5.41, 5.74) is 1.51. The number of ether oxygens (including phenoxy) is 1. The molecule has 136 valence electrons.